The first kappa shape index (κ1) is 23.1. The standard InChI is InChI=1S/C23H30N2O6/c1-14(26)21(30)23(12-5-4-11-19(28)25-23)22(31)16-8-6-7-15(13-16)20(29)17-9-2-3-10-18(27)24-17/h6-8,13-14,17,21,26,30H,2-5,9-12H2,1H3,(H,24,27)(H,25,28). The van der Waals surface area contributed by atoms with Crippen molar-refractivity contribution in [2.75, 3.05) is 0 Å². The average molecular weight is 431 g/mol. The Balaban J connectivity index is 1.93. The number of ketones is 2. The average Bonchev–Trinajstić information content (AvgIpc) is 3.10. The lowest BCUT2D eigenvalue weighted by molar-refractivity contribution is -0.124. The van der Waals surface area contributed by atoms with Crippen LogP contribution >= 0.6 is 0 Å². The molecular formula is C23H30N2O6. The molecule has 2 heterocycles. The summed E-state index contributed by atoms with van der Waals surface area (Å²) in [6, 6.07) is 5.47. The van der Waals surface area contributed by atoms with Crippen molar-refractivity contribution >= 4 is 23.4 Å². The molecule has 0 saturated carbocycles. The molecule has 2 aliphatic rings. The maximum absolute atomic E-state index is 13.6. The van der Waals surface area contributed by atoms with E-state index in [2.05, 4.69) is 10.6 Å². The first-order chi connectivity index (χ1) is 14.7. The molecule has 8 heteroatoms. The predicted molar refractivity (Wildman–Crippen MR) is 113 cm³/mol. The number of aliphatic hydroxyl groups is 2. The summed E-state index contributed by atoms with van der Waals surface area (Å²) < 4.78 is 0. The molecular weight excluding hydrogens is 400 g/mol. The fourth-order valence-corrected chi connectivity index (χ4v) is 4.44. The number of hydrogen-bond donors (Lipinski definition) is 4. The van der Waals surface area contributed by atoms with Crippen molar-refractivity contribution in [3.8, 4) is 0 Å². The largest absolute Gasteiger partial charge is 0.391 e. The van der Waals surface area contributed by atoms with Gasteiger partial charge in [-0.3, -0.25) is 19.2 Å². The number of amides is 2. The van der Waals surface area contributed by atoms with E-state index in [4.69, 9.17) is 0 Å². The second-order valence-electron chi connectivity index (χ2n) is 8.55. The van der Waals surface area contributed by atoms with Crippen LogP contribution < -0.4 is 10.6 Å². The highest BCUT2D eigenvalue weighted by Crippen LogP contribution is 2.30. The van der Waals surface area contributed by atoms with Gasteiger partial charge in [0.1, 0.15) is 11.6 Å². The smallest absolute Gasteiger partial charge is 0.220 e. The second-order valence-corrected chi connectivity index (χ2v) is 8.55. The third-order valence-electron chi connectivity index (χ3n) is 6.16. The number of hydrogen-bond acceptors (Lipinski definition) is 6. The van der Waals surface area contributed by atoms with Crippen molar-refractivity contribution in [2.24, 2.45) is 0 Å². The number of carbonyl (C=O) groups excluding carboxylic acids is 4. The van der Waals surface area contributed by atoms with Gasteiger partial charge in [0, 0.05) is 24.0 Å². The van der Waals surface area contributed by atoms with Crippen molar-refractivity contribution in [2.45, 2.75) is 82.1 Å². The molecule has 0 radical (unpaired) electrons. The van der Waals surface area contributed by atoms with E-state index in [1.807, 2.05) is 0 Å². The molecule has 4 unspecified atom stereocenters. The van der Waals surface area contributed by atoms with Gasteiger partial charge in [0.15, 0.2) is 11.6 Å². The van der Waals surface area contributed by atoms with Crippen molar-refractivity contribution in [3.63, 3.8) is 0 Å². The van der Waals surface area contributed by atoms with Gasteiger partial charge < -0.3 is 20.8 Å². The molecule has 168 valence electrons. The summed E-state index contributed by atoms with van der Waals surface area (Å²) in [7, 11) is 0. The summed E-state index contributed by atoms with van der Waals surface area (Å²) in [6.45, 7) is 1.37. The summed E-state index contributed by atoms with van der Waals surface area (Å²) in [5, 5.41) is 26.1. The van der Waals surface area contributed by atoms with Crippen LogP contribution in [0, 0.1) is 0 Å². The first-order valence-electron chi connectivity index (χ1n) is 10.9. The molecule has 2 aliphatic heterocycles. The predicted octanol–water partition coefficient (Wildman–Crippen LogP) is 1.28. The maximum Gasteiger partial charge on any atom is 0.220 e. The molecule has 2 saturated heterocycles. The van der Waals surface area contributed by atoms with E-state index >= 15 is 0 Å². The van der Waals surface area contributed by atoms with Crippen LogP contribution in [0.4, 0.5) is 0 Å². The Bertz CT molecular complexity index is 867. The lowest BCUT2D eigenvalue weighted by Gasteiger charge is -2.38. The van der Waals surface area contributed by atoms with Crippen molar-refractivity contribution in [1.29, 1.82) is 0 Å². The number of aliphatic hydroxyl groups excluding tert-OH is 2. The Labute approximate surface area is 181 Å². The molecule has 1 aromatic rings. The van der Waals surface area contributed by atoms with E-state index in [0.717, 1.165) is 12.8 Å². The quantitative estimate of drug-likeness (QED) is 0.503. The van der Waals surface area contributed by atoms with E-state index in [1.165, 1.54) is 19.1 Å². The zero-order valence-corrected chi connectivity index (χ0v) is 17.7. The van der Waals surface area contributed by atoms with Gasteiger partial charge >= 0.3 is 0 Å². The summed E-state index contributed by atoms with van der Waals surface area (Å²) in [4.78, 5) is 50.7. The summed E-state index contributed by atoms with van der Waals surface area (Å²) >= 11 is 0. The minimum atomic E-state index is -1.67. The molecule has 0 aliphatic carbocycles. The Morgan fingerprint density at radius 2 is 1.71 bits per heavy atom. The number of nitrogens with one attached hydrogen (secondary N) is 2. The Hall–Kier alpha value is -2.58. The summed E-state index contributed by atoms with van der Waals surface area (Å²) in [5.74, 6) is -1.35. The van der Waals surface area contributed by atoms with Crippen LogP contribution in [-0.2, 0) is 9.59 Å². The van der Waals surface area contributed by atoms with Gasteiger partial charge in [0.25, 0.3) is 0 Å². The molecule has 1 aromatic carbocycles. The number of Topliss-reactive ketones (excluding diaryl/α,β-unsaturated/α-hetero) is 2. The van der Waals surface area contributed by atoms with Gasteiger partial charge in [0.2, 0.25) is 11.8 Å². The highest BCUT2D eigenvalue weighted by atomic mass is 16.3. The van der Waals surface area contributed by atoms with E-state index in [9.17, 15) is 29.4 Å². The fourth-order valence-electron chi connectivity index (χ4n) is 4.44. The zero-order valence-electron chi connectivity index (χ0n) is 17.7. The first-order valence-corrected chi connectivity index (χ1v) is 10.9. The summed E-state index contributed by atoms with van der Waals surface area (Å²) in [6.07, 6.45) is 1.19. The molecule has 3 rings (SSSR count). The van der Waals surface area contributed by atoms with Gasteiger partial charge in [0.05, 0.1) is 12.1 Å². The Morgan fingerprint density at radius 3 is 2.45 bits per heavy atom. The Morgan fingerprint density at radius 1 is 1.03 bits per heavy atom. The van der Waals surface area contributed by atoms with E-state index < -0.39 is 29.6 Å². The molecule has 0 bridgehead atoms. The minimum Gasteiger partial charge on any atom is -0.391 e. The Kier molecular flexibility index (Phi) is 7.23. The number of rotatable bonds is 6. The normalized spacial score (nSPS) is 26.6. The zero-order chi connectivity index (χ0) is 22.6. The van der Waals surface area contributed by atoms with Crippen LogP contribution in [0.3, 0.4) is 0 Å². The van der Waals surface area contributed by atoms with Crippen LogP contribution in [0.15, 0.2) is 24.3 Å². The lowest BCUT2D eigenvalue weighted by Crippen LogP contribution is -2.64. The van der Waals surface area contributed by atoms with E-state index in [0.29, 0.717) is 25.7 Å². The molecule has 4 N–H and O–H groups in total. The molecule has 2 amide bonds. The third kappa shape index (κ3) is 5.02. The number of benzene rings is 1. The van der Waals surface area contributed by atoms with Crippen LogP contribution in [0.5, 0.6) is 0 Å². The van der Waals surface area contributed by atoms with Gasteiger partial charge in [-0.05, 0) is 38.7 Å². The highest BCUT2D eigenvalue weighted by Gasteiger charge is 2.49. The van der Waals surface area contributed by atoms with Crippen molar-refractivity contribution in [1.82, 2.24) is 10.6 Å². The van der Waals surface area contributed by atoms with Crippen LogP contribution in [-0.4, -0.2) is 57.4 Å². The van der Waals surface area contributed by atoms with Crippen molar-refractivity contribution in [3.05, 3.63) is 35.4 Å². The van der Waals surface area contributed by atoms with E-state index in [-0.39, 0.29) is 41.6 Å². The van der Waals surface area contributed by atoms with Crippen LogP contribution in [0.25, 0.3) is 0 Å². The molecule has 2 fully saturated rings. The molecule has 31 heavy (non-hydrogen) atoms. The van der Waals surface area contributed by atoms with Gasteiger partial charge in [-0.2, -0.15) is 0 Å². The summed E-state index contributed by atoms with van der Waals surface area (Å²) in [5.41, 5.74) is -1.23. The lowest BCUT2D eigenvalue weighted by atomic mass is 9.78. The molecule has 0 aromatic heterocycles. The van der Waals surface area contributed by atoms with E-state index in [1.54, 1.807) is 12.1 Å². The maximum atomic E-state index is 13.6. The highest BCUT2D eigenvalue weighted by molar-refractivity contribution is 6.08. The van der Waals surface area contributed by atoms with Gasteiger partial charge in [-0.1, -0.05) is 31.0 Å². The molecule has 0 spiro atoms. The van der Waals surface area contributed by atoms with Crippen LogP contribution in [0.2, 0.25) is 0 Å². The monoisotopic (exact) mass is 430 g/mol. The molecule has 4 atom stereocenters. The fraction of sp³-hybridized carbons (Fsp3) is 0.565. The topological polar surface area (TPSA) is 133 Å². The van der Waals surface area contributed by atoms with Gasteiger partial charge in [-0.15, -0.1) is 0 Å². The van der Waals surface area contributed by atoms with Crippen molar-refractivity contribution < 1.29 is 29.4 Å². The number of carbonyl (C=O) groups is 4. The SMILES string of the molecule is CC(O)C(O)C1(C(=O)c2cccc(C(=O)C3CCCCC(=O)N3)c2)CCCCC(=O)N1. The third-order valence-corrected chi connectivity index (χ3v) is 6.16. The molecule has 8 nitrogen and oxygen atoms in total. The second kappa shape index (κ2) is 9.70. The van der Waals surface area contributed by atoms with Gasteiger partial charge in [-0.25, -0.2) is 0 Å². The minimum absolute atomic E-state index is 0.160. The van der Waals surface area contributed by atoms with Crippen LogP contribution in [0.1, 0.15) is 79.0 Å².